The molecule has 2 aromatic carbocycles. The van der Waals surface area contributed by atoms with Crippen molar-refractivity contribution < 1.29 is 19.7 Å². The number of carbonyl (C=O) groups excluding carboxylic acids is 1. The van der Waals surface area contributed by atoms with Gasteiger partial charge in [-0.2, -0.15) is 0 Å². The van der Waals surface area contributed by atoms with Gasteiger partial charge in [-0.3, -0.25) is 4.98 Å². The second-order valence-electron chi connectivity index (χ2n) is 7.05. The number of rotatable bonds is 10. The highest BCUT2D eigenvalue weighted by Crippen LogP contribution is 2.22. The molecule has 1 aromatic heterocycles. The number of aryl methyl sites for hydroxylation is 1. The van der Waals surface area contributed by atoms with Crippen molar-refractivity contribution in [3.63, 3.8) is 0 Å². The molecule has 0 aliphatic carbocycles. The van der Waals surface area contributed by atoms with E-state index in [9.17, 15) is 15.0 Å². The summed E-state index contributed by atoms with van der Waals surface area (Å²) in [6.07, 6.45) is 0.465. The Kier molecular flexibility index (Phi) is 8.38. The maximum atomic E-state index is 12.3. The van der Waals surface area contributed by atoms with Gasteiger partial charge in [-0.1, -0.05) is 60.7 Å². The topological polar surface area (TPSA) is 91.7 Å². The second-order valence-corrected chi connectivity index (χ2v) is 8.02. The van der Waals surface area contributed by atoms with Crippen molar-refractivity contribution in [2.24, 2.45) is 0 Å². The van der Waals surface area contributed by atoms with Gasteiger partial charge in [0.05, 0.1) is 28.6 Å². The van der Waals surface area contributed by atoms with Crippen molar-refractivity contribution in [2.45, 2.75) is 44.1 Å². The summed E-state index contributed by atoms with van der Waals surface area (Å²) < 4.78 is 5.26. The molecule has 0 spiro atoms. The lowest BCUT2D eigenvalue weighted by atomic mass is 9.95. The van der Waals surface area contributed by atoms with Crippen molar-refractivity contribution in [3.8, 4) is 0 Å². The summed E-state index contributed by atoms with van der Waals surface area (Å²) in [5.41, 5.74) is 3.62. The van der Waals surface area contributed by atoms with Gasteiger partial charge < -0.3 is 20.3 Å². The van der Waals surface area contributed by atoms with Gasteiger partial charge in [0.2, 0.25) is 0 Å². The number of nitrogens with one attached hydrogen (secondary N) is 1. The average molecular weight is 427 g/mol. The molecule has 3 N–H and O–H groups in total. The number of aliphatic hydroxyl groups is 2. The minimum absolute atomic E-state index is 0.139. The van der Waals surface area contributed by atoms with Crippen molar-refractivity contribution >= 4 is 17.4 Å². The van der Waals surface area contributed by atoms with Crippen molar-refractivity contribution in [3.05, 3.63) is 88.4 Å². The summed E-state index contributed by atoms with van der Waals surface area (Å²) in [4.78, 5) is 17.1. The fraction of sp³-hybridized carbons (Fsp3) is 0.304. The normalized spacial score (nSPS) is 13.9. The number of ether oxygens (including phenoxy) is 1. The van der Waals surface area contributed by atoms with Gasteiger partial charge in [0.25, 0.3) is 0 Å². The molecule has 0 bridgehead atoms. The van der Waals surface area contributed by atoms with Gasteiger partial charge in [-0.25, -0.2) is 4.79 Å². The molecular formula is C23H26N2O4S. The van der Waals surface area contributed by atoms with Crippen LogP contribution in [-0.2, 0) is 17.8 Å². The fourth-order valence-electron chi connectivity index (χ4n) is 3.15. The first-order chi connectivity index (χ1) is 14.6. The Morgan fingerprint density at radius 1 is 1.03 bits per heavy atom. The maximum Gasteiger partial charge on any atom is 0.407 e. The number of hydrogen-bond acceptors (Lipinski definition) is 6. The lowest BCUT2D eigenvalue weighted by Gasteiger charge is -2.25. The molecule has 7 heteroatoms. The van der Waals surface area contributed by atoms with E-state index in [0.717, 1.165) is 16.0 Å². The van der Waals surface area contributed by atoms with Gasteiger partial charge in [-0.05, 0) is 24.0 Å². The van der Waals surface area contributed by atoms with E-state index in [1.54, 1.807) is 11.7 Å². The lowest BCUT2D eigenvalue weighted by Crippen LogP contribution is -2.35. The minimum Gasteiger partial charge on any atom is -0.444 e. The van der Waals surface area contributed by atoms with Crippen LogP contribution in [0, 0.1) is 0 Å². The fourth-order valence-corrected chi connectivity index (χ4v) is 3.65. The second kappa shape index (κ2) is 11.4. The number of benzene rings is 2. The first-order valence-electron chi connectivity index (χ1n) is 9.87. The molecule has 6 nitrogen and oxygen atoms in total. The standard InChI is InChI=1S/C23H26N2O4S/c26-21(12-11-17-7-3-1-4-8-17)22(27)13-20(18-9-5-2-6-10-18)25-23(28)29-15-19-14-24-16-30-19/h1-10,14,16,20-22,26-27H,11-13,15H2,(H,25,28). The molecule has 3 rings (SSSR count). The van der Waals surface area contributed by atoms with Crippen LogP contribution >= 0.6 is 11.3 Å². The molecule has 0 saturated heterocycles. The monoisotopic (exact) mass is 426 g/mol. The van der Waals surface area contributed by atoms with E-state index in [4.69, 9.17) is 4.74 Å². The highest BCUT2D eigenvalue weighted by Gasteiger charge is 2.24. The van der Waals surface area contributed by atoms with E-state index in [1.165, 1.54) is 11.3 Å². The number of nitrogens with zero attached hydrogens (tertiary/aromatic N) is 1. The number of aliphatic hydroxyl groups excluding tert-OH is 2. The van der Waals surface area contributed by atoms with E-state index < -0.39 is 24.3 Å². The van der Waals surface area contributed by atoms with Gasteiger partial charge in [0.1, 0.15) is 6.61 Å². The van der Waals surface area contributed by atoms with E-state index in [2.05, 4.69) is 10.3 Å². The zero-order chi connectivity index (χ0) is 21.2. The predicted octanol–water partition coefficient (Wildman–Crippen LogP) is 3.86. The molecule has 0 aliphatic heterocycles. The van der Waals surface area contributed by atoms with Crippen LogP contribution in [0.3, 0.4) is 0 Å². The van der Waals surface area contributed by atoms with Crippen LogP contribution in [0.5, 0.6) is 0 Å². The van der Waals surface area contributed by atoms with Crippen LogP contribution in [0.4, 0.5) is 4.79 Å². The number of amides is 1. The third-order valence-corrected chi connectivity index (χ3v) is 5.57. The third kappa shape index (κ3) is 6.95. The molecule has 3 atom stereocenters. The first-order valence-corrected chi connectivity index (χ1v) is 10.8. The van der Waals surface area contributed by atoms with Gasteiger partial charge >= 0.3 is 6.09 Å². The summed E-state index contributed by atoms with van der Waals surface area (Å²) in [5, 5.41) is 23.8. The molecule has 1 amide bonds. The highest BCUT2D eigenvalue weighted by molar-refractivity contribution is 7.09. The largest absolute Gasteiger partial charge is 0.444 e. The zero-order valence-electron chi connectivity index (χ0n) is 16.6. The Labute approximate surface area is 180 Å². The molecule has 0 radical (unpaired) electrons. The third-order valence-electron chi connectivity index (χ3n) is 4.82. The van der Waals surface area contributed by atoms with E-state index >= 15 is 0 Å². The lowest BCUT2D eigenvalue weighted by molar-refractivity contribution is 0.00399. The molecule has 0 fully saturated rings. The number of hydrogen-bond donors (Lipinski definition) is 3. The number of alkyl carbamates (subject to hydrolysis) is 1. The zero-order valence-corrected chi connectivity index (χ0v) is 17.4. The molecule has 0 saturated carbocycles. The van der Waals surface area contributed by atoms with E-state index in [-0.39, 0.29) is 13.0 Å². The number of carbonyl (C=O) groups is 1. The Bertz CT molecular complexity index is 875. The van der Waals surface area contributed by atoms with Crippen molar-refractivity contribution in [1.29, 1.82) is 0 Å². The Morgan fingerprint density at radius 2 is 1.73 bits per heavy atom. The minimum atomic E-state index is -0.985. The molecule has 3 unspecified atom stereocenters. The van der Waals surface area contributed by atoms with Crippen LogP contribution in [0.1, 0.15) is 34.9 Å². The molecule has 158 valence electrons. The van der Waals surface area contributed by atoms with Crippen LogP contribution in [0.15, 0.2) is 72.4 Å². The van der Waals surface area contributed by atoms with Crippen molar-refractivity contribution in [1.82, 2.24) is 10.3 Å². The van der Waals surface area contributed by atoms with Crippen LogP contribution in [-0.4, -0.2) is 33.5 Å². The number of aromatic nitrogens is 1. The summed E-state index contributed by atoms with van der Waals surface area (Å²) in [6, 6.07) is 18.7. The predicted molar refractivity (Wildman–Crippen MR) is 116 cm³/mol. The number of thiazole rings is 1. The van der Waals surface area contributed by atoms with Crippen molar-refractivity contribution in [2.75, 3.05) is 0 Å². The van der Waals surface area contributed by atoms with Crippen LogP contribution < -0.4 is 5.32 Å². The van der Waals surface area contributed by atoms with Gasteiger partial charge in [0.15, 0.2) is 0 Å². The molecule has 3 aromatic rings. The Morgan fingerprint density at radius 3 is 2.40 bits per heavy atom. The van der Waals surface area contributed by atoms with Gasteiger partial charge in [0, 0.05) is 12.6 Å². The molecular weight excluding hydrogens is 400 g/mol. The molecule has 30 heavy (non-hydrogen) atoms. The SMILES string of the molecule is O=C(NC(CC(O)C(O)CCc1ccccc1)c1ccccc1)OCc1cncs1. The summed E-state index contributed by atoms with van der Waals surface area (Å²) in [5.74, 6) is 0. The smallest absolute Gasteiger partial charge is 0.407 e. The summed E-state index contributed by atoms with van der Waals surface area (Å²) in [7, 11) is 0. The first kappa shape index (κ1) is 22.0. The highest BCUT2D eigenvalue weighted by atomic mass is 32.1. The van der Waals surface area contributed by atoms with Crippen LogP contribution in [0.25, 0.3) is 0 Å². The van der Waals surface area contributed by atoms with E-state index in [0.29, 0.717) is 12.8 Å². The van der Waals surface area contributed by atoms with Gasteiger partial charge in [-0.15, -0.1) is 11.3 Å². The Hall–Kier alpha value is -2.74. The average Bonchev–Trinajstić information content (AvgIpc) is 3.30. The van der Waals surface area contributed by atoms with E-state index in [1.807, 2.05) is 60.7 Å². The maximum absolute atomic E-state index is 12.3. The molecule has 1 heterocycles. The molecule has 0 aliphatic rings. The summed E-state index contributed by atoms with van der Waals surface area (Å²) >= 11 is 1.41. The Balaban J connectivity index is 1.56. The van der Waals surface area contributed by atoms with Crippen LogP contribution in [0.2, 0.25) is 0 Å². The quantitative estimate of drug-likeness (QED) is 0.458. The summed E-state index contributed by atoms with van der Waals surface area (Å²) in [6.45, 7) is 0.139.